The van der Waals surface area contributed by atoms with E-state index in [1.165, 1.54) is 32.1 Å². The zero-order chi connectivity index (χ0) is 8.81. The van der Waals surface area contributed by atoms with Gasteiger partial charge in [-0.15, -0.1) is 0 Å². The van der Waals surface area contributed by atoms with Gasteiger partial charge >= 0.3 is 0 Å². The van der Waals surface area contributed by atoms with Crippen molar-refractivity contribution in [2.45, 2.75) is 51.9 Å². The summed E-state index contributed by atoms with van der Waals surface area (Å²) < 4.78 is 12.6. The fourth-order valence-electron chi connectivity index (χ4n) is 1.82. The summed E-state index contributed by atoms with van der Waals surface area (Å²) in [6.07, 6.45) is 9.92. The molecule has 1 rings (SSSR count). The maximum Gasteiger partial charge on any atom is 0.0962 e. The van der Waals surface area contributed by atoms with Gasteiger partial charge in [-0.1, -0.05) is 38.7 Å². The van der Waals surface area contributed by atoms with E-state index in [0.717, 1.165) is 6.42 Å². The van der Waals surface area contributed by atoms with Crippen molar-refractivity contribution in [3.05, 3.63) is 11.9 Å². The van der Waals surface area contributed by atoms with Crippen LogP contribution in [0, 0.1) is 5.92 Å². The van der Waals surface area contributed by atoms with E-state index in [4.69, 9.17) is 0 Å². The van der Waals surface area contributed by atoms with Crippen LogP contribution in [0.5, 0.6) is 0 Å². The summed E-state index contributed by atoms with van der Waals surface area (Å²) in [5, 5.41) is 0. The second-order valence-corrected chi connectivity index (χ2v) is 3.81. The Morgan fingerprint density at radius 2 is 2.25 bits per heavy atom. The van der Waals surface area contributed by atoms with Crippen LogP contribution in [0.15, 0.2) is 11.9 Å². The molecule has 0 fully saturated rings. The fraction of sp³-hybridized carbons (Fsp3) is 0.818. The molecule has 1 unspecified atom stereocenters. The molecule has 0 aromatic carbocycles. The summed E-state index contributed by atoms with van der Waals surface area (Å²) in [7, 11) is 0. The second kappa shape index (κ2) is 5.34. The summed E-state index contributed by atoms with van der Waals surface area (Å²) in [6, 6.07) is 0. The smallest absolute Gasteiger partial charge is 0.0962 e. The molecule has 0 N–H and O–H groups in total. The van der Waals surface area contributed by atoms with Gasteiger partial charge in [0.25, 0.3) is 0 Å². The van der Waals surface area contributed by atoms with Gasteiger partial charge in [0.2, 0.25) is 0 Å². The number of hydrogen-bond acceptors (Lipinski definition) is 0. The molecule has 0 aliphatic heterocycles. The van der Waals surface area contributed by atoms with Crippen molar-refractivity contribution >= 4 is 0 Å². The molecule has 70 valence electrons. The average molecular weight is 171 g/mol. The lowest BCUT2D eigenvalue weighted by molar-refractivity contribution is 0.450. The van der Waals surface area contributed by atoms with Crippen LogP contribution in [-0.2, 0) is 0 Å². The molecule has 0 heterocycles. The number of hydrogen-bond donors (Lipinski definition) is 0. The van der Waals surface area contributed by atoms with Gasteiger partial charge in [0, 0.05) is 6.42 Å². The second-order valence-electron chi connectivity index (χ2n) is 3.81. The zero-order valence-electron chi connectivity index (χ0n) is 7.98. The Morgan fingerprint density at radius 3 is 2.83 bits per heavy atom. The first-order chi connectivity index (χ1) is 5.83. The highest BCUT2D eigenvalue weighted by Gasteiger charge is 2.15. The number of unbranched alkanes of at least 4 members (excludes halogenated alkanes) is 3. The highest BCUT2D eigenvalue weighted by atomic mass is 19.2. The van der Waals surface area contributed by atoms with Crippen LogP contribution in [0.25, 0.3) is 0 Å². The van der Waals surface area contributed by atoms with Gasteiger partial charge in [-0.2, -0.15) is 0 Å². The van der Waals surface area contributed by atoms with Crippen LogP contribution in [0.4, 0.5) is 4.39 Å². The molecule has 1 heteroatoms. The first-order valence-electron chi connectivity index (χ1n) is 5.17. The first-order valence-corrected chi connectivity index (χ1v) is 5.17. The van der Waals surface area contributed by atoms with Crippen molar-refractivity contribution in [2.75, 3.05) is 0 Å². The molecule has 1 aliphatic rings. The van der Waals surface area contributed by atoms with Gasteiger partial charge < -0.3 is 0 Å². The van der Waals surface area contributed by atoms with Gasteiger partial charge in [0.05, 0.1) is 5.83 Å². The summed E-state index contributed by atoms with van der Waals surface area (Å²) in [5.74, 6) is 0.748. The lowest BCUT2D eigenvalue weighted by Gasteiger charge is -2.07. The van der Waals surface area contributed by atoms with Crippen molar-refractivity contribution in [1.29, 1.82) is 0 Å². The molecule has 0 saturated heterocycles. The Bertz CT molecular complexity index is 149. The van der Waals surface area contributed by atoms with Gasteiger partial charge in [0.1, 0.15) is 0 Å². The van der Waals surface area contributed by atoms with Crippen molar-refractivity contribution in [2.24, 2.45) is 5.92 Å². The van der Waals surface area contributed by atoms with E-state index in [2.05, 4.69) is 6.92 Å². The molecule has 0 nitrogen and oxygen atoms in total. The van der Waals surface area contributed by atoms with E-state index < -0.39 is 0 Å². The Kier molecular flexibility index (Phi) is 4.34. The van der Waals surface area contributed by atoms with Crippen molar-refractivity contribution in [3.63, 3.8) is 0 Å². The molecule has 0 saturated carbocycles. The maximum absolute atomic E-state index is 12.6. The average Bonchev–Trinajstić information content (AvgIpc) is 2.45. The van der Waals surface area contributed by atoms with E-state index in [-0.39, 0.29) is 5.83 Å². The van der Waals surface area contributed by atoms with E-state index in [1.807, 2.05) is 0 Å². The lowest BCUT2D eigenvalue weighted by Crippen LogP contribution is -1.93. The van der Waals surface area contributed by atoms with E-state index in [1.54, 1.807) is 6.08 Å². The highest BCUT2D eigenvalue weighted by molar-refractivity contribution is 5.01. The molecule has 0 spiro atoms. The normalized spacial score (nSPS) is 22.8. The highest BCUT2D eigenvalue weighted by Crippen LogP contribution is 2.29. The topological polar surface area (TPSA) is 0 Å². The SMILES string of the molecule is CCCCCCC1CC=[13C](F)C1. The predicted molar refractivity (Wildman–Crippen MR) is 50.7 cm³/mol. The molecule has 1 atom stereocenters. The summed E-state index contributed by atoms with van der Waals surface area (Å²) in [5.41, 5.74) is 0. The van der Waals surface area contributed by atoms with Crippen LogP contribution in [-0.4, -0.2) is 0 Å². The van der Waals surface area contributed by atoms with Crippen molar-refractivity contribution in [3.8, 4) is 0 Å². The number of halogens is 1. The monoisotopic (exact) mass is 171 g/mol. The lowest BCUT2D eigenvalue weighted by atomic mass is 10.00. The molecule has 0 aromatic rings. The standard InChI is InChI=1S/C11H19F/c1-2-3-4-5-6-10-7-8-11(12)9-10/h8,10H,2-7,9H2,1H3/i11+1. The van der Waals surface area contributed by atoms with Crippen LogP contribution in [0.1, 0.15) is 51.9 Å². The molecule has 0 bridgehead atoms. The summed E-state index contributed by atoms with van der Waals surface area (Å²) >= 11 is 0. The largest absolute Gasteiger partial charge is 0.212 e. The minimum atomic E-state index is 0.121. The predicted octanol–water partition coefficient (Wildman–Crippen LogP) is 4.22. The van der Waals surface area contributed by atoms with Crippen LogP contribution >= 0.6 is 0 Å². The number of allylic oxidation sites excluding steroid dienone is 2. The Hall–Kier alpha value is -0.330. The fourth-order valence-corrected chi connectivity index (χ4v) is 1.82. The third-order valence-corrected chi connectivity index (χ3v) is 2.62. The van der Waals surface area contributed by atoms with Crippen molar-refractivity contribution in [1.82, 2.24) is 0 Å². The molecule has 0 amide bonds. The molecule has 0 aromatic heterocycles. The molecule has 12 heavy (non-hydrogen) atoms. The van der Waals surface area contributed by atoms with Crippen LogP contribution in [0.2, 0.25) is 0 Å². The molecular weight excluding hydrogens is 152 g/mol. The van der Waals surface area contributed by atoms with Crippen LogP contribution < -0.4 is 0 Å². The Balaban J connectivity index is 1.95. The molecular formula is C11H19F. The summed E-state index contributed by atoms with van der Waals surface area (Å²) in [4.78, 5) is 0. The third-order valence-electron chi connectivity index (χ3n) is 2.62. The third kappa shape index (κ3) is 3.38. The minimum absolute atomic E-state index is 0.121. The molecule has 0 radical (unpaired) electrons. The Labute approximate surface area is 74.9 Å². The van der Waals surface area contributed by atoms with Crippen LogP contribution in [0.3, 0.4) is 0 Å². The van der Waals surface area contributed by atoms with Crippen molar-refractivity contribution < 1.29 is 4.39 Å². The van der Waals surface area contributed by atoms with Gasteiger partial charge in [-0.25, -0.2) is 4.39 Å². The minimum Gasteiger partial charge on any atom is -0.212 e. The zero-order valence-corrected chi connectivity index (χ0v) is 7.98. The van der Waals surface area contributed by atoms with E-state index >= 15 is 0 Å². The summed E-state index contributed by atoms with van der Waals surface area (Å²) in [6.45, 7) is 2.22. The van der Waals surface area contributed by atoms with Gasteiger partial charge in [-0.3, -0.25) is 0 Å². The Morgan fingerprint density at radius 1 is 1.42 bits per heavy atom. The maximum atomic E-state index is 12.6. The molecule has 1 aliphatic carbocycles. The van der Waals surface area contributed by atoms with E-state index in [0.29, 0.717) is 12.3 Å². The van der Waals surface area contributed by atoms with Gasteiger partial charge in [0.15, 0.2) is 0 Å². The number of rotatable bonds is 5. The van der Waals surface area contributed by atoms with E-state index in [9.17, 15) is 4.39 Å². The quantitative estimate of drug-likeness (QED) is 0.429. The first kappa shape index (κ1) is 9.76. The van der Waals surface area contributed by atoms with Gasteiger partial charge in [-0.05, 0) is 18.8 Å².